The molecule has 0 saturated carbocycles. The fraction of sp³-hybridized carbons (Fsp3) is 0.0400. The van der Waals surface area contributed by atoms with E-state index in [0.717, 1.165) is 0 Å². The molecule has 0 aliphatic carbocycles. The minimum atomic E-state index is -0.701. The van der Waals surface area contributed by atoms with E-state index >= 15 is 0 Å². The van der Waals surface area contributed by atoms with Crippen LogP contribution in [0, 0.1) is 0 Å². The summed E-state index contributed by atoms with van der Waals surface area (Å²) >= 11 is 0. The number of hydrogen-bond donors (Lipinski definition) is 3. The van der Waals surface area contributed by atoms with E-state index in [2.05, 4.69) is 16.0 Å². The van der Waals surface area contributed by atoms with Gasteiger partial charge in [-0.1, -0.05) is 60.7 Å². The second-order valence-electron chi connectivity index (χ2n) is 7.18. The summed E-state index contributed by atoms with van der Waals surface area (Å²) < 4.78 is 0. The third kappa shape index (κ3) is 4.35. The number of nitrogens with zero attached hydrogens (tertiary/aromatic N) is 2. The van der Waals surface area contributed by atoms with Crippen LogP contribution in [0.4, 0.5) is 5.69 Å². The molecule has 1 aliphatic heterocycles. The van der Waals surface area contributed by atoms with Crippen LogP contribution in [0.2, 0.25) is 0 Å². The Morgan fingerprint density at radius 1 is 0.848 bits per heavy atom. The molecule has 0 aromatic heterocycles. The molecule has 33 heavy (non-hydrogen) atoms. The van der Waals surface area contributed by atoms with Gasteiger partial charge in [0, 0.05) is 0 Å². The predicted octanol–water partition coefficient (Wildman–Crippen LogP) is 3.03. The summed E-state index contributed by atoms with van der Waals surface area (Å²) in [6.07, 6.45) is 0. The maximum atomic E-state index is 13.3. The maximum Gasteiger partial charge on any atom is 0.281 e. The summed E-state index contributed by atoms with van der Waals surface area (Å²) in [5.74, 6) is -2.08. The van der Waals surface area contributed by atoms with Crippen molar-refractivity contribution in [3.8, 4) is 5.75 Å². The highest BCUT2D eigenvalue weighted by molar-refractivity contribution is 6.40. The minimum absolute atomic E-state index is 0.00310. The lowest BCUT2D eigenvalue weighted by Crippen LogP contribution is -2.42. The number of carbonyl (C=O) groups is 3. The van der Waals surface area contributed by atoms with Crippen molar-refractivity contribution >= 4 is 34.7 Å². The van der Waals surface area contributed by atoms with E-state index < -0.39 is 17.7 Å². The molecule has 3 N–H and O–H groups in total. The van der Waals surface area contributed by atoms with Crippen LogP contribution in [-0.2, 0) is 9.59 Å². The lowest BCUT2D eigenvalue weighted by Gasteiger charge is -2.15. The van der Waals surface area contributed by atoms with Gasteiger partial charge in [0.1, 0.15) is 5.75 Å². The number of amides is 3. The van der Waals surface area contributed by atoms with Crippen molar-refractivity contribution in [2.24, 2.45) is 5.10 Å². The summed E-state index contributed by atoms with van der Waals surface area (Å²) in [5, 5.41) is 15.4. The molecule has 0 unspecified atom stereocenters. The number of hydrogen-bond acceptors (Lipinski definition) is 5. The fourth-order valence-corrected chi connectivity index (χ4v) is 3.44. The van der Waals surface area contributed by atoms with Gasteiger partial charge in [-0.05, 0) is 36.8 Å². The number of anilines is 1. The van der Waals surface area contributed by atoms with Gasteiger partial charge in [-0.25, -0.2) is 0 Å². The molecule has 0 bridgehead atoms. The topological polar surface area (TPSA) is 111 Å². The third-order valence-corrected chi connectivity index (χ3v) is 5.00. The Morgan fingerprint density at radius 3 is 2.12 bits per heavy atom. The van der Waals surface area contributed by atoms with Crippen LogP contribution in [0.15, 0.2) is 95.6 Å². The molecular weight excluding hydrogens is 420 g/mol. The summed E-state index contributed by atoms with van der Waals surface area (Å²) in [7, 11) is 0. The molecule has 4 rings (SSSR count). The van der Waals surface area contributed by atoms with E-state index in [9.17, 15) is 19.5 Å². The highest BCUT2D eigenvalue weighted by Gasteiger charge is 2.34. The van der Waals surface area contributed by atoms with Crippen LogP contribution in [-0.4, -0.2) is 28.5 Å². The highest BCUT2D eigenvalue weighted by atomic mass is 16.3. The van der Waals surface area contributed by atoms with Crippen molar-refractivity contribution in [3.63, 3.8) is 0 Å². The van der Waals surface area contributed by atoms with Crippen LogP contribution in [0.5, 0.6) is 5.75 Å². The molecule has 0 fully saturated rings. The van der Waals surface area contributed by atoms with Crippen LogP contribution in [0.25, 0.3) is 5.57 Å². The standard InChI is InChI=1S/C25H20N4O4/c1-16-21(25(33)29(28-16)18-12-6-3-7-13-18)22(17-10-4-2-5-11-17)24(32)27-26-23(31)19-14-8-9-15-20(19)30/h2-15,30H,1H3,(H,26,31)(H,27,32)/b22-21+. The van der Waals surface area contributed by atoms with Gasteiger partial charge < -0.3 is 5.11 Å². The zero-order chi connectivity index (χ0) is 23.4. The van der Waals surface area contributed by atoms with Crippen molar-refractivity contribution < 1.29 is 19.5 Å². The Labute approximate surface area is 189 Å². The van der Waals surface area contributed by atoms with Gasteiger partial charge in [0.05, 0.1) is 28.1 Å². The first-order valence-electron chi connectivity index (χ1n) is 10.1. The molecule has 0 atom stereocenters. The summed E-state index contributed by atoms with van der Waals surface area (Å²) in [4.78, 5) is 38.9. The van der Waals surface area contributed by atoms with Crippen LogP contribution in [0.1, 0.15) is 22.8 Å². The van der Waals surface area contributed by atoms with E-state index in [1.165, 1.54) is 17.1 Å². The summed E-state index contributed by atoms with van der Waals surface area (Å²) in [5.41, 5.74) is 6.24. The number of hydrazine groups is 1. The Balaban J connectivity index is 1.68. The Hall–Kier alpha value is -4.72. The van der Waals surface area contributed by atoms with Crippen molar-refractivity contribution in [3.05, 3.63) is 102 Å². The Bertz CT molecular complexity index is 1280. The van der Waals surface area contributed by atoms with Crippen molar-refractivity contribution in [1.82, 2.24) is 10.9 Å². The molecule has 3 aromatic carbocycles. The van der Waals surface area contributed by atoms with Crippen molar-refractivity contribution in [2.45, 2.75) is 6.92 Å². The minimum Gasteiger partial charge on any atom is -0.507 e. The van der Waals surface area contributed by atoms with Crippen LogP contribution < -0.4 is 15.9 Å². The second kappa shape index (κ2) is 9.19. The molecule has 0 saturated heterocycles. The normalized spacial score (nSPS) is 14.5. The molecule has 8 nitrogen and oxygen atoms in total. The number of phenolic OH excluding ortho intramolecular Hbond substituents is 1. The second-order valence-corrected chi connectivity index (χ2v) is 7.18. The van der Waals surface area contributed by atoms with Crippen molar-refractivity contribution in [2.75, 3.05) is 5.01 Å². The van der Waals surface area contributed by atoms with Crippen molar-refractivity contribution in [1.29, 1.82) is 0 Å². The molecule has 0 radical (unpaired) electrons. The average molecular weight is 440 g/mol. The van der Waals surface area contributed by atoms with Gasteiger partial charge in [0.25, 0.3) is 17.7 Å². The van der Waals surface area contributed by atoms with Crippen LogP contribution in [0.3, 0.4) is 0 Å². The lowest BCUT2D eigenvalue weighted by atomic mass is 9.96. The molecule has 164 valence electrons. The summed E-state index contributed by atoms with van der Waals surface area (Å²) in [6.45, 7) is 1.65. The fourth-order valence-electron chi connectivity index (χ4n) is 3.44. The lowest BCUT2D eigenvalue weighted by molar-refractivity contribution is -0.117. The average Bonchev–Trinajstić information content (AvgIpc) is 3.13. The number of nitrogens with one attached hydrogen (secondary N) is 2. The van der Waals surface area contributed by atoms with E-state index in [4.69, 9.17) is 0 Å². The van der Waals surface area contributed by atoms with E-state index in [1.807, 2.05) is 6.07 Å². The van der Waals surface area contributed by atoms with Gasteiger partial charge in [-0.15, -0.1) is 0 Å². The Morgan fingerprint density at radius 2 is 1.45 bits per heavy atom. The van der Waals surface area contributed by atoms with E-state index in [0.29, 0.717) is 17.0 Å². The highest BCUT2D eigenvalue weighted by Crippen LogP contribution is 2.29. The molecule has 8 heteroatoms. The van der Waals surface area contributed by atoms with Gasteiger partial charge in [0.2, 0.25) is 0 Å². The van der Waals surface area contributed by atoms with Gasteiger partial charge in [0.15, 0.2) is 0 Å². The molecule has 3 aromatic rings. The monoisotopic (exact) mass is 440 g/mol. The zero-order valence-electron chi connectivity index (χ0n) is 17.6. The smallest absolute Gasteiger partial charge is 0.281 e. The summed E-state index contributed by atoms with van der Waals surface area (Å²) in [6, 6.07) is 23.5. The van der Waals surface area contributed by atoms with Gasteiger partial charge in [-0.3, -0.25) is 25.2 Å². The molecule has 1 aliphatic rings. The van der Waals surface area contributed by atoms with Gasteiger partial charge in [-0.2, -0.15) is 10.1 Å². The molecule has 1 heterocycles. The quantitative estimate of drug-likeness (QED) is 0.428. The number of aromatic hydroxyl groups is 1. The number of rotatable bonds is 4. The number of phenols is 1. The number of hydrazone groups is 1. The first-order valence-corrected chi connectivity index (χ1v) is 10.1. The molecule has 3 amide bonds. The third-order valence-electron chi connectivity index (χ3n) is 5.00. The number of carbonyl (C=O) groups excluding carboxylic acids is 3. The van der Waals surface area contributed by atoms with E-state index in [-0.39, 0.29) is 22.5 Å². The SMILES string of the molecule is CC1=NN(c2ccccc2)C(=O)/C1=C(/C(=O)NNC(=O)c1ccccc1O)c1ccccc1. The molecular formula is C25H20N4O4. The van der Waals surface area contributed by atoms with Crippen LogP contribution >= 0.6 is 0 Å². The zero-order valence-corrected chi connectivity index (χ0v) is 17.6. The maximum absolute atomic E-state index is 13.3. The Kier molecular flexibility index (Phi) is 5.99. The first kappa shape index (κ1) is 21.5. The largest absolute Gasteiger partial charge is 0.507 e. The first-order chi connectivity index (χ1) is 16.0. The van der Waals surface area contributed by atoms with E-state index in [1.54, 1.807) is 73.7 Å². The number of benzene rings is 3. The predicted molar refractivity (Wildman–Crippen MR) is 124 cm³/mol. The molecule has 0 spiro atoms. The van der Waals surface area contributed by atoms with Gasteiger partial charge >= 0.3 is 0 Å². The number of para-hydroxylation sites is 2.